The van der Waals surface area contributed by atoms with Crippen LogP contribution in [0.2, 0.25) is 0 Å². The third-order valence-electron chi connectivity index (χ3n) is 4.93. The third-order valence-corrected chi connectivity index (χ3v) is 4.93. The summed E-state index contributed by atoms with van der Waals surface area (Å²) in [6, 6.07) is 10.6. The lowest BCUT2D eigenvalue weighted by Gasteiger charge is -2.30. The Morgan fingerprint density at radius 1 is 1.20 bits per heavy atom. The summed E-state index contributed by atoms with van der Waals surface area (Å²) >= 11 is 0. The van der Waals surface area contributed by atoms with Gasteiger partial charge in [-0.1, -0.05) is 44.2 Å². The van der Waals surface area contributed by atoms with Crippen molar-refractivity contribution in [2.45, 2.75) is 40.2 Å². The Bertz CT molecular complexity index is 689. The van der Waals surface area contributed by atoms with E-state index in [1.807, 2.05) is 31.6 Å². The van der Waals surface area contributed by atoms with Crippen LogP contribution in [0.1, 0.15) is 42.4 Å². The van der Waals surface area contributed by atoms with E-state index in [0.29, 0.717) is 13.0 Å². The molecule has 2 rings (SSSR count). The van der Waals surface area contributed by atoms with Crippen LogP contribution >= 0.6 is 0 Å². The molecule has 0 saturated carbocycles. The Kier molecular flexibility index (Phi) is 6.76. The Balaban J connectivity index is 2.06. The van der Waals surface area contributed by atoms with Crippen LogP contribution in [0.5, 0.6) is 0 Å². The number of aromatic nitrogens is 2. The number of nitrogens with zero attached hydrogens (tertiary/aromatic N) is 3. The fraction of sp³-hybridized carbons (Fsp3) is 0.500. The molecule has 1 amide bonds. The maximum Gasteiger partial charge on any atom is 0.224 e. The summed E-state index contributed by atoms with van der Waals surface area (Å²) < 4.78 is 1.83. The molecule has 2 aromatic rings. The molecule has 0 fully saturated rings. The molecule has 1 atom stereocenters. The number of hydrogen-bond acceptors (Lipinski definition) is 3. The maximum absolute atomic E-state index is 12.5. The van der Waals surface area contributed by atoms with Crippen LogP contribution < -0.4 is 5.32 Å². The van der Waals surface area contributed by atoms with E-state index in [1.165, 1.54) is 5.56 Å². The molecule has 0 saturated heterocycles. The molecule has 0 aliphatic carbocycles. The lowest BCUT2D eigenvalue weighted by molar-refractivity contribution is -0.120. The number of carbonyl (C=O) groups is 1. The van der Waals surface area contributed by atoms with Gasteiger partial charge in [-0.25, -0.2) is 0 Å². The molecule has 0 aliphatic heterocycles. The Hall–Kier alpha value is -2.14. The predicted octanol–water partition coefficient (Wildman–Crippen LogP) is 2.78. The first-order valence-corrected chi connectivity index (χ1v) is 9.02. The van der Waals surface area contributed by atoms with E-state index in [9.17, 15) is 4.79 Å². The van der Waals surface area contributed by atoms with Gasteiger partial charge in [0.1, 0.15) is 0 Å². The van der Waals surface area contributed by atoms with Crippen molar-refractivity contribution in [3.63, 3.8) is 0 Å². The summed E-state index contributed by atoms with van der Waals surface area (Å²) in [5, 5.41) is 7.51. The van der Waals surface area contributed by atoms with E-state index in [4.69, 9.17) is 0 Å². The number of carbonyl (C=O) groups excluding carboxylic acids is 1. The molecule has 1 aromatic carbocycles. The first-order chi connectivity index (χ1) is 12.0. The van der Waals surface area contributed by atoms with Crippen molar-refractivity contribution >= 4 is 5.91 Å². The number of aryl methyl sites for hydroxylation is 2. The zero-order chi connectivity index (χ0) is 18.4. The Morgan fingerprint density at radius 2 is 1.84 bits per heavy atom. The van der Waals surface area contributed by atoms with Crippen molar-refractivity contribution in [2.24, 2.45) is 7.05 Å². The zero-order valence-corrected chi connectivity index (χ0v) is 16.0. The molecule has 136 valence electrons. The molecular formula is C20H30N4O. The van der Waals surface area contributed by atoms with E-state index in [2.05, 4.69) is 53.4 Å². The first-order valence-electron chi connectivity index (χ1n) is 9.02. The average molecular weight is 342 g/mol. The smallest absolute Gasteiger partial charge is 0.224 e. The van der Waals surface area contributed by atoms with Crippen molar-refractivity contribution in [1.29, 1.82) is 0 Å². The van der Waals surface area contributed by atoms with Crippen LogP contribution in [0.4, 0.5) is 0 Å². The number of amides is 1. The van der Waals surface area contributed by atoms with Gasteiger partial charge in [0.25, 0.3) is 0 Å². The van der Waals surface area contributed by atoms with Crippen molar-refractivity contribution < 1.29 is 4.79 Å². The molecule has 0 bridgehead atoms. The molecule has 5 nitrogen and oxygen atoms in total. The molecule has 5 heteroatoms. The summed E-state index contributed by atoms with van der Waals surface area (Å²) in [4.78, 5) is 14.9. The van der Waals surface area contributed by atoms with Gasteiger partial charge in [0.05, 0.1) is 18.2 Å². The van der Waals surface area contributed by atoms with E-state index >= 15 is 0 Å². The number of hydrogen-bond donors (Lipinski definition) is 1. The van der Waals surface area contributed by atoms with Crippen LogP contribution in [-0.4, -0.2) is 40.2 Å². The van der Waals surface area contributed by atoms with Gasteiger partial charge in [-0.15, -0.1) is 0 Å². The fourth-order valence-electron chi connectivity index (χ4n) is 3.30. The highest BCUT2D eigenvalue weighted by Crippen LogP contribution is 2.19. The second-order valence-corrected chi connectivity index (χ2v) is 6.40. The standard InChI is InChI=1S/C20H30N4O/c1-6-24(7-2)19(17-11-9-8-10-12-17)14-21-20(25)13-18-15(3)22-23(5)16(18)4/h8-12,19H,6-7,13-14H2,1-5H3,(H,21,25). The number of nitrogens with one attached hydrogen (secondary N) is 1. The monoisotopic (exact) mass is 342 g/mol. The highest BCUT2D eigenvalue weighted by molar-refractivity contribution is 5.79. The largest absolute Gasteiger partial charge is 0.354 e. The first kappa shape index (κ1) is 19.2. The van der Waals surface area contributed by atoms with Gasteiger partial charge < -0.3 is 5.32 Å². The van der Waals surface area contributed by atoms with Gasteiger partial charge in [-0.05, 0) is 32.5 Å². The second-order valence-electron chi connectivity index (χ2n) is 6.40. The summed E-state index contributed by atoms with van der Waals surface area (Å²) in [6.45, 7) is 10.8. The molecule has 25 heavy (non-hydrogen) atoms. The maximum atomic E-state index is 12.5. The quantitative estimate of drug-likeness (QED) is 0.802. The third kappa shape index (κ3) is 4.69. The highest BCUT2D eigenvalue weighted by Gasteiger charge is 2.19. The van der Waals surface area contributed by atoms with E-state index in [0.717, 1.165) is 30.0 Å². The van der Waals surface area contributed by atoms with Gasteiger partial charge >= 0.3 is 0 Å². The average Bonchev–Trinajstić information content (AvgIpc) is 2.85. The Morgan fingerprint density at radius 3 is 2.36 bits per heavy atom. The normalized spacial score (nSPS) is 12.4. The topological polar surface area (TPSA) is 50.2 Å². The lowest BCUT2D eigenvalue weighted by Crippen LogP contribution is -2.38. The van der Waals surface area contributed by atoms with Crippen LogP contribution in [0.25, 0.3) is 0 Å². The minimum atomic E-state index is 0.0484. The van der Waals surface area contributed by atoms with Gasteiger partial charge in [0.2, 0.25) is 5.91 Å². The number of likely N-dealkylation sites (N-methyl/N-ethyl adjacent to an activating group) is 1. The summed E-state index contributed by atoms with van der Waals surface area (Å²) in [6.07, 6.45) is 0.380. The zero-order valence-electron chi connectivity index (χ0n) is 16.0. The molecule has 0 aliphatic rings. The molecule has 0 spiro atoms. The molecular weight excluding hydrogens is 312 g/mol. The summed E-state index contributed by atoms with van der Waals surface area (Å²) in [7, 11) is 1.91. The minimum Gasteiger partial charge on any atom is -0.354 e. The number of benzene rings is 1. The minimum absolute atomic E-state index is 0.0484. The van der Waals surface area contributed by atoms with Crippen LogP contribution in [0.3, 0.4) is 0 Å². The van der Waals surface area contributed by atoms with Crippen LogP contribution in [0, 0.1) is 13.8 Å². The number of rotatable bonds is 8. The van der Waals surface area contributed by atoms with Crippen LogP contribution in [0.15, 0.2) is 30.3 Å². The van der Waals surface area contributed by atoms with E-state index < -0.39 is 0 Å². The van der Waals surface area contributed by atoms with Crippen LogP contribution in [-0.2, 0) is 18.3 Å². The fourth-order valence-corrected chi connectivity index (χ4v) is 3.30. The van der Waals surface area contributed by atoms with Gasteiger partial charge in [-0.3, -0.25) is 14.4 Å². The second kappa shape index (κ2) is 8.81. The van der Waals surface area contributed by atoms with Crippen molar-refractivity contribution in [2.75, 3.05) is 19.6 Å². The molecule has 1 aromatic heterocycles. The van der Waals surface area contributed by atoms with E-state index in [1.54, 1.807) is 0 Å². The van der Waals surface area contributed by atoms with Crippen molar-refractivity contribution in [1.82, 2.24) is 20.0 Å². The molecule has 1 N–H and O–H groups in total. The lowest BCUT2D eigenvalue weighted by atomic mass is 10.0. The summed E-state index contributed by atoms with van der Waals surface area (Å²) in [5.74, 6) is 0.0484. The Labute approximate surface area is 151 Å². The highest BCUT2D eigenvalue weighted by atomic mass is 16.1. The van der Waals surface area contributed by atoms with Crippen molar-refractivity contribution in [3.05, 3.63) is 52.8 Å². The molecule has 0 radical (unpaired) electrons. The molecule has 1 heterocycles. The van der Waals surface area contributed by atoms with E-state index in [-0.39, 0.29) is 11.9 Å². The summed E-state index contributed by atoms with van der Waals surface area (Å²) in [5.41, 5.74) is 4.24. The van der Waals surface area contributed by atoms with Crippen molar-refractivity contribution in [3.8, 4) is 0 Å². The van der Waals surface area contributed by atoms with Gasteiger partial charge in [0.15, 0.2) is 0 Å². The van der Waals surface area contributed by atoms with Gasteiger partial charge in [-0.2, -0.15) is 5.10 Å². The SMILES string of the molecule is CCN(CC)C(CNC(=O)Cc1c(C)nn(C)c1C)c1ccccc1. The van der Waals surface area contributed by atoms with Gasteiger partial charge in [0, 0.05) is 24.8 Å². The molecule has 1 unspecified atom stereocenters. The predicted molar refractivity (Wildman–Crippen MR) is 101 cm³/mol.